The summed E-state index contributed by atoms with van der Waals surface area (Å²) >= 11 is 15.7. The molecule has 0 unspecified atom stereocenters. The summed E-state index contributed by atoms with van der Waals surface area (Å²) < 4.78 is 6.51. The number of nitrogens with zero attached hydrogens (tertiary/aromatic N) is 1. The van der Waals surface area contributed by atoms with Crippen LogP contribution < -0.4 is 10.1 Å². The third kappa shape index (κ3) is 6.62. The molecule has 2 amide bonds. The minimum Gasteiger partial charge on any atom is -0.483 e. The number of hydrogen-bond donors (Lipinski definition) is 1. The smallest absolute Gasteiger partial charge is 0.261 e. The molecule has 2 aromatic rings. The van der Waals surface area contributed by atoms with E-state index < -0.39 is 6.04 Å². The minimum absolute atomic E-state index is 0.159. The van der Waals surface area contributed by atoms with E-state index in [9.17, 15) is 9.59 Å². The number of amides is 2. The SMILES string of the molecule is CCNC(=O)[C@H](C)N(Cc1ccc(Cl)cc1Cl)C(=O)COc1ccc(CC)cc1Br. The van der Waals surface area contributed by atoms with Gasteiger partial charge in [0.2, 0.25) is 5.91 Å². The largest absolute Gasteiger partial charge is 0.483 e. The Labute approximate surface area is 195 Å². The first-order valence-corrected chi connectivity index (χ1v) is 11.2. The van der Waals surface area contributed by atoms with E-state index in [1.165, 1.54) is 4.90 Å². The van der Waals surface area contributed by atoms with Crippen molar-refractivity contribution in [3.8, 4) is 5.75 Å². The van der Waals surface area contributed by atoms with Gasteiger partial charge in [0, 0.05) is 23.1 Å². The van der Waals surface area contributed by atoms with Crippen LogP contribution in [-0.2, 0) is 22.6 Å². The van der Waals surface area contributed by atoms with Crippen LogP contribution in [0.15, 0.2) is 40.9 Å². The van der Waals surface area contributed by atoms with E-state index >= 15 is 0 Å². The number of carbonyl (C=O) groups is 2. The van der Waals surface area contributed by atoms with E-state index in [2.05, 4.69) is 28.2 Å². The Morgan fingerprint density at radius 2 is 1.90 bits per heavy atom. The molecule has 0 aliphatic heterocycles. The zero-order valence-corrected chi connectivity index (χ0v) is 20.3. The minimum atomic E-state index is -0.696. The average Bonchev–Trinajstić information content (AvgIpc) is 2.71. The second-order valence-corrected chi connectivity index (χ2v) is 8.43. The van der Waals surface area contributed by atoms with Gasteiger partial charge in [-0.3, -0.25) is 9.59 Å². The molecule has 1 N–H and O–H groups in total. The van der Waals surface area contributed by atoms with Gasteiger partial charge in [-0.15, -0.1) is 0 Å². The zero-order chi connectivity index (χ0) is 22.3. The third-order valence-corrected chi connectivity index (χ3v) is 5.84. The maximum atomic E-state index is 13.0. The van der Waals surface area contributed by atoms with Gasteiger partial charge < -0.3 is 15.0 Å². The van der Waals surface area contributed by atoms with Crippen LogP contribution in [0.4, 0.5) is 0 Å². The lowest BCUT2D eigenvalue weighted by molar-refractivity contribution is -0.142. The molecule has 0 heterocycles. The first-order chi connectivity index (χ1) is 14.3. The second-order valence-electron chi connectivity index (χ2n) is 6.73. The Morgan fingerprint density at radius 3 is 2.50 bits per heavy atom. The Bertz CT molecular complexity index is 908. The summed E-state index contributed by atoms with van der Waals surface area (Å²) in [6, 6.07) is 10.1. The summed E-state index contributed by atoms with van der Waals surface area (Å²) in [5.74, 6) is -0.00802. The van der Waals surface area contributed by atoms with Gasteiger partial charge in [0.1, 0.15) is 11.8 Å². The summed E-state index contributed by atoms with van der Waals surface area (Å²) in [7, 11) is 0. The normalized spacial score (nSPS) is 11.7. The van der Waals surface area contributed by atoms with Crippen molar-refractivity contribution in [3.63, 3.8) is 0 Å². The van der Waals surface area contributed by atoms with Crippen LogP contribution in [-0.4, -0.2) is 35.9 Å². The van der Waals surface area contributed by atoms with E-state index in [-0.39, 0.29) is 25.0 Å². The van der Waals surface area contributed by atoms with Gasteiger partial charge in [0.15, 0.2) is 6.61 Å². The van der Waals surface area contributed by atoms with Gasteiger partial charge in [-0.05, 0) is 71.6 Å². The van der Waals surface area contributed by atoms with Crippen LogP contribution in [0.3, 0.4) is 0 Å². The van der Waals surface area contributed by atoms with Gasteiger partial charge in [-0.25, -0.2) is 0 Å². The van der Waals surface area contributed by atoms with Crippen molar-refractivity contribution in [2.75, 3.05) is 13.2 Å². The van der Waals surface area contributed by atoms with Crippen molar-refractivity contribution >= 4 is 50.9 Å². The van der Waals surface area contributed by atoms with Gasteiger partial charge in [-0.1, -0.05) is 42.3 Å². The second kappa shape index (κ2) is 11.6. The number of halogens is 3. The fraction of sp³-hybridized carbons (Fsp3) is 0.364. The van der Waals surface area contributed by atoms with E-state index in [0.29, 0.717) is 27.9 Å². The molecule has 0 spiro atoms. The van der Waals surface area contributed by atoms with Crippen molar-refractivity contribution in [1.82, 2.24) is 10.2 Å². The number of ether oxygens (including phenoxy) is 1. The van der Waals surface area contributed by atoms with Crippen LogP contribution >= 0.6 is 39.1 Å². The number of rotatable bonds is 9. The van der Waals surface area contributed by atoms with Gasteiger partial charge >= 0.3 is 0 Å². The molecular formula is C22H25BrCl2N2O3. The molecule has 0 fully saturated rings. The topological polar surface area (TPSA) is 58.6 Å². The molecule has 0 bridgehead atoms. The van der Waals surface area contributed by atoms with Gasteiger partial charge in [0.05, 0.1) is 4.47 Å². The predicted octanol–water partition coefficient (Wildman–Crippen LogP) is 5.25. The zero-order valence-electron chi connectivity index (χ0n) is 17.2. The third-order valence-electron chi connectivity index (χ3n) is 4.63. The van der Waals surface area contributed by atoms with Crippen LogP contribution in [0, 0.1) is 0 Å². The molecule has 5 nitrogen and oxygen atoms in total. The fourth-order valence-electron chi connectivity index (χ4n) is 2.84. The monoisotopic (exact) mass is 514 g/mol. The number of carbonyl (C=O) groups excluding carboxylic acids is 2. The van der Waals surface area contributed by atoms with E-state index in [4.69, 9.17) is 27.9 Å². The van der Waals surface area contributed by atoms with Crippen LogP contribution in [0.2, 0.25) is 10.0 Å². The highest BCUT2D eigenvalue weighted by Crippen LogP contribution is 2.27. The number of aryl methyl sites for hydroxylation is 1. The molecule has 0 saturated carbocycles. The lowest BCUT2D eigenvalue weighted by Gasteiger charge is -2.29. The summed E-state index contributed by atoms with van der Waals surface area (Å²) in [4.78, 5) is 26.9. The molecule has 0 aliphatic rings. The van der Waals surface area contributed by atoms with E-state index in [0.717, 1.165) is 16.5 Å². The molecular weight excluding hydrogens is 491 g/mol. The Hall–Kier alpha value is -1.76. The molecule has 0 aliphatic carbocycles. The van der Waals surface area contributed by atoms with Crippen molar-refractivity contribution in [3.05, 3.63) is 62.0 Å². The molecule has 1 atom stereocenters. The Morgan fingerprint density at radius 1 is 1.17 bits per heavy atom. The first kappa shape index (κ1) is 24.5. The van der Waals surface area contributed by atoms with Crippen molar-refractivity contribution in [1.29, 1.82) is 0 Å². The maximum absolute atomic E-state index is 13.0. The van der Waals surface area contributed by atoms with Crippen LogP contribution in [0.1, 0.15) is 31.9 Å². The lowest BCUT2D eigenvalue weighted by atomic mass is 10.1. The summed E-state index contributed by atoms with van der Waals surface area (Å²) in [6.45, 7) is 5.99. The number of benzene rings is 2. The molecule has 30 heavy (non-hydrogen) atoms. The lowest BCUT2D eigenvalue weighted by Crippen LogP contribution is -2.49. The number of likely N-dealkylation sites (N-methyl/N-ethyl adjacent to an activating group) is 1. The first-order valence-electron chi connectivity index (χ1n) is 9.69. The summed E-state index contributed by atoms with van der Waals surface area (Å²) in [5, 5.41) is 3.69. The van der Waals surface area contributed by atoms with Crippen molar-refractivity contribution in [2.24, 2.45) is 0 Å². The molecule has 0 saturated heterocycles. The predicted molar refractivity (Wildman–Crippen MR) is 124 cm³/mol. The van der Waals surface area contributed by atoms with Crippen LogP contribution in [0.5, 0.6) is 5.75 Å². The fourth-order valence-corrected chi connectivity index (χ4v) is 3.85. The number of hydrogen-bond acceptors (Lipinski definition) is 3. The Kier molecular flexibility index (Phi) is 9.46. The van der Waals surface area contributed by atoms with Crippen molar-refractivity contribution in [2.45, 2.75) is 39.8 Å². The molecule has 2 aromatic carbocycles. The number of nitrogens with one attached hydrogen (secondary N) is 1. The average molecular weight is 516 g/mol. The maximum Gasteiger partial charge on any atom is 0.261 e. The van der Waals surface area contributed by atoms with E-state index in [1.54, 1.807) is 25.1 Å². The molecule has 0 aromatic heterocycles. The highest BCUT2D eigenvalue weighted by atomic mass is 79.9. The highest BCUT2D eigenvalue weighted by molar-refractivity contribution is 9.10. The van der Waals surface area contributed by atoms with Gasteiger partial charge in [-0.2, -0.15) is 0 Å². The van der Waals surface area contributed by atoms with Gasteiger partial charge in [0.25, 0.3) is 5.91 Å². The summed E-state index contributed by atoms with van der Waals surface area (Å²) in [6.07, 6.45) is 0.900. The van der Waals surface area contributed by atoms with Crippen molar-refractivity contribution < 1.29 is 14.3 Å². The molecule has 8 heteroatoms. The molecule has 2 rings (SSSR count). The standard InChI is InChI=1S/C22H25BrCl2N2O3/c1-4-15-6-9-20(18(23)10-15)30-13-21(28)27(14(3)22(29)26-5-2)12-16-7-8-17(24)11-19(16)25/h6-11,14H,4-5,12-13H2,1-3H3,(H,26,29)/t14-/m0/s1. The molecule has 0 radical (unpaired) electrons. The Balaban J connectivity index is 2.19. The molecule has 162 valence electrons. The van der Waals surface area contributed by atoms with Crippen LogP contribution in [0.25, 0.3) is 0 Å². The quantitative estimate of drug-likeness (QED) is 0.496. The van der Waals surface area contributed by atoms with E-state index in [1.807, 2.05) is 25.1 Å². The highest BCUT2D eigenvalue weighted by Gasteiger charge is 2.27. The summed E-state index contributed by atoms with van der Waals surface area (Å²) in [5.41, 5.74) is 1.85.